The molecule has 0 radical (unpaired) electrons. The van der Waals surface area contributed by atoms with Crippen molar-refractivity contribution in [2.75, 3.05) is 52.8 Å². The van der Waals surface area contributed by atoms with E-state index in [-0.39, 0.29) is 32.5 Å². The standard InChI is InChI=1S/C18H25N3O6/c22-7-1-4-19-17(23)18(24)20-11-14(21-5-8-25-9-6-21)13-2-3-15-16(10-13)27-12-26-15/h2-3,10,14,22H,1,4-9,11-12H2,(H,19,23)(H,20,24). The Labute approximate surface area is 157 Å². The van der Waals surface area contributed by atoms with Gasteiger partial charge in [0.2, 0.25) is 6.79 Å². The molecule has 0 bridgehead atoms. The van der Waals surface area contributed by atoms with Gasteiger partial charge in [0, 0.05) is 32.8 Å². The number of nitrogens with one attached hydrogen (secondary N) is 2. The van der Waals surface area contributed by atoms with Crippen LogP contribution in [0.4, 0.5) is 0 Å². The van der Waals surface area contributed by atoms with Crippen molar-refractivity contribution >= 4 is 11.8 Å². The summed E-state index contributed by atoms with van der Waals surface area (Å²) in [6.07, 6.45) is 0.409. The van der Waals surface area contributed by atoms with Gasteiger partial charge in [-0.15, -0.1) is 0 Å². The van der Waals surface area contributed by atoms with E-state index in [9.17, 15) is 9.59 Å². The normalized spacial score (nSPS) is 17.4. The first-order valence-electron chi connectivity index (χ1n) is 9.07. The van der Waals surface area contributed by atoms with E-state index in [1.54, 1.807) is 0 Å². The summed E-state index contributed by atoms with van der Waals surface area (Å²) in [5, 5.41) is 13.9. The van der Waals surface area contributed by atoms with Crippen LogP contribution in [-0.2, 0) is 14.3 Å². The van der Waals surface area contributed by atoms with E-state index in [1.165, 1.54) is 0 Å². The van der Waals surface area contributed by atoms with Gasteiger partial charge >= 0.3 is 11.8 Å². The summed E-state index contributed by atoms with van der Waals surface area (Å²) in [7, 11) is 0. The number of rotatable bonds is 7. The Hall–Kier alpha value is -2.36. The summed E-state index contributed by atoms with van der Waals surface area (Å²) in [4.78, 5) is 26.1. The molecule has 2 amide bonds. The second kappa shape index (κ2) is 9.54. The zero-order valence-electron chi connectivity index (χ0n) is 15.1. The summed E-state index contributed by atoms with van der Waals surface area (Å²) in [6.45, 7) is 3.42. The molecule has 0 spiro atoms. The van der Waals surface area contributed by atoms with Crippen LogP contribution < -0.4 is 20.1 Å². The molecule has 148 valence electrons. The highest BCUT2D eigenvalue weighted by molar-refractivity contribution is 6.35. The van der Waals surface area contributed by atoms with Gasteiger partial charge in [0.05, 0.1) is 19.3 Å². The summed E-state index contributed by atoms with van der Waals surface area (Å²) in [6, 6.07) is 5.60. The van der Waals surface area contributed by atoms with Crippen LogP contribution >= 0.6 is 0 Å². The monoisotopic (exact) mass is 379 g/mol. The molecular formula is C18H25N3O6. The first-order valence-corrected chi connectivity index (χ1v) is 9.07. The van der Waals surface area contributed by atoms with Crippen molar-refractivity contribution < 1.29 is 28.9 Å². The van der Waals surface area contributed by atoms with Gasteiger partial charge in [-0.05, 0) is 24.1 Å². The SMILES string of the molecule is O=C(NCCCO)C(=O)NCC(c1ccc2c(c1)OCO2)N1CCOCC1. The van der Waals surface area contributed by atoms with E-state index < -0.39 is 11.8 Å². The molecule has 1 unspecified atom stereocenters. The van der Waals surface area contributed by atoms with E-state index in [0.29, 0.717) is 31.1 Å². The van der Waals surface area contributed by atoms with Crippen LogP contribution in [0.15, 0.2) is 18.2 Å². The molecular weight excluding hydrogens is 354 g/mol. The molecule has 2 aliphatic rings. The lowest BCUT2D eigenvalue weighted by Crippen LogP contribution is -2.46. The van der Waals surface area contributed by atoms with Crippen LogP contribution in [-0.4, -0.2) is 74.6 Å². The Balaban J connectivity index is 1.65. The molecule has 27 heavy (non-hydrogen) atoms. The second-order valence-electron chi connectivity index (χ2n) is 6.32. The fourth-order valence-corrected chi connectivity index (χ4v) is 3.10. The molecule has 0 saturated carbocycles. The molecule has 1 aromatic rings. The number of morpholine rings is 1. The Kier molecular flexibility index (Phi) is 6.86. The van der Waals surface area contributed by atoms with Gasteiger partial charge in [-0.2, -0.15) is 0 Å². The fourth-order valence-electron chi connectivity index (χ4n) is 3.10. The zero-order chi connectivity index (χ0) is 19.1. The highest BCUT2D eigenvalue weighted by Crippen LogP contribution is 2.35. The number of ether oxygens (including phenoxy) is 3. The Morgan fingerprint density at radius 1 is 1.11 bits per heavy atom. The number of amides is 2. The summed E-state index contributed by atoms with van der Waals surface area (Å²) < 4.78 is 16.2. The number of aliphatic hydroxyl groups is 1. The van der Waals surface area contributed by atoms with Gasteiger partial charge in [-0.3, -0.25) is 14.5 Å². The summed E-state index contributed by atoms with van der Waals surface area (Å²) in [5.74, 6) is -0.00702. The number of fused-ring (bicyclic) bond motifs is 1. The van der Waals surface area contributed by atoms with E-state index in [1.807, 2.05) is 18.2 Å². The highest BCUT2D eigenvalue weighted by Gasteiger charge is 2.26. The van der Waals surface area contributed by atoms with Crippen molar-refractivity contribution in [3.63, 3.8) is 0 Å². The van der Waals surface area contributed by atoms with Gasteiger partial charge in [-0.1, -0.05) is 6.07 Å². The van der Waals surface area contributed by atoms with Gasteiger partial charge in [0.1, 0.15) is 0 Å². The molecule has 3 rings (SSSR count). The molecule has 3 N–H and O–H groups in total. The largest absolute Gasteiger partial charge is 0.454 e. The molecule has 0 aliphatic carbocycles. The third kappa shape index (κ3) is 5.09. The van der Waals surface area contributed by atoms with E-state index in [0.717, 1.165) is 18.7 Å². The van der Waals surface area contributed by atoms with Crippen LogP contribution in [0.3, 0.4) is 0 Å². The molecule has 1 atom stereocenters. The number of hydrogen-bond acceptors (Lipinski definition) is 7. The van der Waals surface area contributed by atoms with Crippen molar-refractivity contribution in [3.05, 3.63) is 23.8 Å². The van der Waals surface area contributed by atoms with Crippen LogP contribution in [0.5, 0.6) is 11.5 Å². The first kappa shape index (κ1) is 19.4. The average Bonchev–Trinajstić information content (AvgIpc) is 3.17. The number of nitrogens with zero attached hydrogens (tertiary/aromatic N) is 1. The number of carbonyl (C=O) groups excluding carboxylic acids is 2. The first-order chi connectivity index (χ1) is 13.2. The Morgan fingerprint density at radius 2 is 1.85 bits per heavy atom. The lowest BCUT2D eigenvalue weighted by Gasteiger charge is -2.34. The molecule has 9 nitrogen and oxygen atoms in total. The fraction of sp³-hybridized carbons (Fsp3) is 0.556. The van der Waals surface area contributed by atoms with Crippen molar-refractivity contribution in [1.29, 1.82) is 0 Å². The van der Waals surface area contributed by atoms with Crippen molar-refractivity contribution in [2.24, 2.45) is 0 Å². The van der Waals surface area contributed by atoms with Gasteiger partial charge in [0.25, 0.3) is 0 Å². The van der Waals surface area contributed by atoms with Crippen molar-refractivity contribution in [2.45, 2.75) is 12.5 Å². The maximum atomic E-state index is 12.1. The third-order valence-corrected chi connectivity index (χ3v) is 4.55. The van der Waals surface area contributed by atoms with Gasteiger partial charge in [-0.25, -0.2) is 0 Å². The third-order valence-electron chi connectivity index (χ3n) is 4.55. The number of aliphatic hydroxyl groups excluding tert-OH is 1. The van der Waals surface area contributed by atoms with Crippen molar-refractivity contribution in [1.82, 2.24) is 15.5 Å². The molecule has 9 heteroatoms. The van der Waals surface area contributed by atoms with E-state index in [4.69, 9.17) is 19.3 Å². The summed E-state index contributed by atoms with van der Waals surface area (Å²) >= 11 is 0. The average molecular weight is 379 g/mol. The van der Waals surface area contributed by atoms with Crippen LogP contribution in [0.25, 0.3) is 0 Å². The lowest BCUT2D eigenvalue weighted by atomic mass is 10.0. The molecule has 1 aromatic carbocycles. The quantitative estimate of drug-likeness (QED) is 0.429. The minimum atomic E-state index is -0.699. The molecule has 2 aliphatic heterocycles. The van der Waals surface area contributed by atoms with Crippen LogP contribution in [0.1, 0.15) is 18.0 Å². The van der Waals surface area contributed by atoms with Gasteiger partial charge in [0.15, 0.2) is 11.5 Å². The number of benzene rings is 1. The summed E-state index contributed by atoms with van der Waals surface area (Å²) in [5.41, 5.74) is 0.974. The number of hydrogen-bond donors (Lipinski definition) is 3. The highest BCUT2D eigenvalue weighted by atomic mass is 16.7. The molecule has 0 aromatic heterocycles. The lowest BCUT2D eigenvalue weighted by molar-refractivity contribution is -0.139. The minimum absolute atomic E-state index is 0.0366. The molecule has 2 heterocycles. The Morgan fingerprint density at radius 3 is 2.63 bits per heavy atom. The van der Waals surface area contributed by atoms with Crippen molar-refractivity contribution in [3.8, 4) is 11.5 Å². The molecule has 1 saturated heterocycles. The van der Waals surface area contributed by atoms with E-state index in [2.05, 4.69) is 15.5 Å². The van der Waals surface area contributed by atoms with E-state index >= 15 is 0 Å². The smallest absolute Gasteiger partial charge is 0.309 e. The molecule has 1 fully saturated rings. The minimum Gasteiger partial charge on any atom is -0.454 e. The Bertz CT molecular complexity index is 662. The second-order valence-corrected chi connectivity index (χ2v) is 6.32. The van der Waals surface area contributed by atoms with Crippen LogP contribution in [0.2, 0.25) is 0 Å². The predicted molar refractivity (Wildman–Crippen MR) is 95.4 cm³/mol. The maximum absolute atomic E-state index is 12.1. The maximum Gasteiger partial charge on any atom is 0.309 e. The van der Waals surface area contributed by atoms with Crippen LogP contribution in [0, 0.1) is 0 Å². The predicted octanol–water partition coefficient (Wildman–Crippen LogP) is -0.597. The topological polar surface area (TPSA) is 109 Å². The zero-order valence-corrected chi connectivity index (χ0v) is 15.1. The van der Waals surface area contributed by atoms with Gasteiger partial charge < -0.3 is 30.0 Å². The number of carbonyl (C=O) groups is 2.